The number of carbonyl (C=O) groups excluding carboxylic acids is 2. The van der Waals surface area contributed by atoms with Gasteiger partial charge in [-0.3, -0.25) is 14.3 Å². The summed E-state index contributed by atoms with van der Waals surface area (Å²) in [6.45, 7) is 0.279. The van der Waals surface area contributed by atoms with Gasteiger partial charge in [0.25, 0.3) is 11.8 Å². The third-order valence-corrected chi connectivity index (χ3v) is 5.31. The smallest absolute Gasteiger partial charge is 0.271 e. The fourth-order valence-corrected chi connectivity index (χ4v) is 3.80. The molecule has 144 valence electrons. The van der Waals surface area contributed by atoms with E-state index in [4.69, 9.17) is 11.6 Å². The van der Waals surface area contributed by atoms with Crippen molar-refractivity contribution in [1.82, 2.24) is 20.4 Å². The van der Waals surface area contributed by atoms with E-state index in [1.54, 1.807) is 25.2 Å². The van der Waals surface area contributed by atoms with Gasteiger partial charge in [-0.25, -0.2) is 0 Å². The number of aromatic hydroxyl groups is 1. The van der Waals surface area contributed by atoms with E-state index in [0.717, 1.165) is 32.1 Å². The molecule has 1 heterocycles. The van der Waals surface area contributed by atoms with Crippen molar-refractivity contribution < 1.29 is 14.7 Å². The molecule has 1 aromatic heterocycles. The summed E-state index contributed by atoms with van der Waals surface area (Å²) in [5.74, 6) is -0.747. The molecule has 0 aliphatic heterocycles. The van der Waals surface area contributed by atoms with Crippen LogP contribution in [0, 0.1) is 0 Å². The molecule has 0 atom stereocenters. The van der Waals surface area contributed by atoms with E-state index < -0.39 is 5.54 Å². The minimum Gasteiger partial charge on any atom is -0.507 e. The molecule has 3 rings (SSSR count). The number of aromatic nitrogens is 2. The second kappa shape index (κ2) is 8.00. The molecule has 0 bridgehead atoms. The summed E-state index contributed by atoms with van der Waals surface area (Å²) in [5, 5.41) is 20.1. The molecule has 0 unspecified atom stereocenters. The zero-order chi connectivity index (χ0) is 19.4. The number of hydrogen-bond donors (Lipinski definition) is 3. The summed E-state index contributed by atoms with van der Waals surface area (Å²) in [6.07, 6.45) is 5.98. The highest BCUT2D eigenvalue weighted by Crippen LogP contribution is 2.29. The maximum Gasteiger partial charge on any atom is 0.271 e. The van der Waals surface area contributed by atoms with Crippen LogP contribution in [0.1, 0.15) is 53.0 Å². The Morgan fingerprint density at radius 1 is 1.22 bits per heavy atom. The first-order chi connectivity index (χ1) is 12.9. The van der Waals surface area contributed by atoms with Crippen molar-refractivity contribution in [1.29, 1.82) is 0 Å². The van der Waals surface area contributed by atoms with Crippen LogP contribution in [0.4, 0.5) is 0 Å². The summed E-state index contributed by atoms with van der Waals surface area (Å²) in [5.41, 5.74) is -0.0404. The molecule has 1 fully saturated rings. The molecule has 8 heteroatoms. The van der Waals surface area contributed by atoms with Crippen LogP contribution in [-0.4, -0.2) is 38.8 Å². The zero-order valence-corrected chi connectivity index (χ0v) is 15.9. The monoisotopic (exact) mass is 390 g/mol. The van der Waals surface area contributed by atoms with E-state index in [1.165, 1.54) is 16.9 Å². The predicted octanol–water partition coefficient (Wildman–Crippen LogP) is 2.64. The van der Waals surface area contributed by atoms with Gasteiger partial charge in [-0.15, -0.1) is 0 Å². The lowest BCUT2D eigenvalue weighted by molar-refractivity contribution is 0.0825. The van der Waals surface area contributed by atoms with E-state index >= 15 is 0 Å². The first-order valence-electron chi connectivity index (χ1n) is 8.98. The number of nitrogens with zero attached hydrogens (tertiary/aromatic N) is 2. The van der Waals surface area contributed by atoms with Crippen molar-refractivity contribution in [2.45, 2.75) is 37.6 Å². The molecule has 1 saturated carbocycles. The molecular formula is C19H23ClN4O3. The van der Waals surface area contributed by atoms with E-state index in [9.17, 15) is 14.7 Å². The van der Waals surface area contributed by atoms with Crippen LogP contribution < -0.4 is 10.6 Å². The molecule has 7 nitrogen and oxygen atoms in total. The van der Waals surface area contributed by atoms with Gasteiger partial charge < -0.3 is 15.7 Å². The largest absolute Gasteiger partial charge is 0.507 e. The number of hydrogen-bond acceptors (Lipinski definition) is 4. The third kappa shape index (κ3) is 4.24. The normalized spacial score (nSPS) is 15.9. The molecule has 3 N–H and O–H groups in total. The number of benzene rings is 1. The summed E-state index contributed by atoms with van der Waals surface area (Å²) in [7, 11) is 1.66. The highest BCUT2D eigenvalue weighted by atomic mass is 35.5. The molecule has 0 radical (unpaired) electrons. The molecule has 1 aliphatic rings. The molecule has 0 spiro atoms. The van der Waals surface area contributed by atoms with Crippen LogP contribution in [0.15, 0.2) is 30.5 Å². The van der Waals surface area contributed by atoms with Crippen LogP contribution in [0.3, 0.4) is 0 Å². The molecular weight excluding hydrogens is 368 g/mol. The maximum atomic E-state index is 12.8. The molecule has 0 saturated heterocycles. The Bertz CT molecular complexity index is 824. The lowest BCUT2D eigenvalue weighted by Crippen LogP contribution is -2.56. The molecule has 2 aromatic rings. The Morgan fingerprint density at radius 3 is 2.56 bits per heavy atom. The van der Waals surface area contributed by atoms with Gasteiger partial charge in [0.1, 0.15) is 11.4 Å². The van der Waals surface area contributed by atoms with Crippen LogP contribution in [0.2, 0.25) is 5.02 Å². The zero-order valence-electron chi connectivity index (χ0n) is 15.2. The Labute approximate surface area is 162 Å². The Balaban J connectivity index is 1.74. The number of halogens is 1. The number of amides is 2. The van der Waals surface area contributed by atoms with Gasteiger partial charge in [0.15, 0.2) is 0 Å². The Kier molecular flexibility index (Phi) is 5.70. The van der Waals surface area contributed by atoms with E-state index in [2.05, 4.69) is 15.7 Å². The predicted molar refractivity (Wildman–Crippen MR) is 102 cm³/mol. The molecule has 2 amide bonds. The minimum absolute atomic E-state index is 0.0709. The standard InChI is InChI=1S/C19H23ClN4O3/c1-24-16(14(20)11-22-24)18(27)23-19(9-5-2-6-10-19)12-21-17(26)13-7-3-4-8-15(13)25/h3-4,7-8,11,25H,2,5-6,9-10,12H2,1H3,(H,21,26)(H,23,27). The molecule has 1 aliphatic carbocycles. The minimum atomic E-state index is -0.553. The van der Waals surface area contributed by atoms with E-state index in [-0.39, 0.29) is 29.7 Å². The SMILES string of the molecule is Cn1ncc(Cl)c1C(=O)NC1(CNC(=O)c2ccccc2O)CCCCC1. The summed E-state index contributed by atoms with van der Waals surface area (Å²) in [6, 6.07) is 6.38. The average molecular weight is 391 g/mol. The number of aryl methyl sites for hydroxylation is 1. The topological polar surface area (TPSA) is 96.3 Å². The second-order valence-corrected chi connectivity index (χ2v) is 7.37. The van der Waals surface area contributed by atoms with Crippen molar-refractivity contribution >= 4 is 23.4 Å². The van der Waals surface area contributed by atoms with Gasteiger partial charge in [0.05, 0.1) is 22.3 Å². The highest BCUT2D eigenvalue weighted by Gasteiger charge is 2.35. The van der Waals surface area contributed by atoms with Crippen molar-refractivity contribution in [2.75, 3.05) is 6.54 Å². The number of para-hydroxylation sites is 1. The molecule has 27 heavy (non-hydrogen) atoms. The maximum absolute atomic E-state index is 12.8. The first kappa shape index (κ1) is 19.2. The van der Waals surface area contributed by atoms with Crippen molar-refractivity contribution in [2.24, 2.45) is 7.05 Å². The number of phenolic OH excluding ortho intramolecular Hbond substituents is 1. The van der Waals surface area contributed by atoms with Gasteiger partial charge >= 0.3 is 0 Å². The summed E-state index contributed by atoms with van der Waals surface area (Å²) < 4.78 is 1.44. The second-order valence-electron chi connectivity index (χ2n) is 6.96. The Morgan fingerprint density at radius 2 is 1.93 bits per heavy atom. The summed E-state index contributed by atoms with van der Waals surface area (Å²) >= 11 is 6.09. The van der Waals surface area contributed by atoms with Crippen molar-refractivity contribution in [3.63, 3.8) is 0 Å². The van der Waals surface area contributed by atoms with Gasteiger partial charge in [0, 0.05) is 13.6 Å². The van der Waals surface area contributed by atoms with Gasteiger partial charge in [-0.05, 0) is 25.0 Å². The average Bonchev–Trinajstić information content (AvgIpc) is 2.99. The highest BCUT2D eigenvalue weighted by molar-refractivity contribution is 6.33. The van der Waals surface area contributed by atoms with Crippen LogP contribution in [0.5, 0.6) is 5.75 Å². The number of carbonyl (C=O) groups is 2. The lowest BCUT2D eigenvalue weighted by Gasteiger charge is -2.38. The van der Waals surface area contributed by atoms with Gasteiger partial charge in [-0.1, -0.05) is 43.0 Å². The van der Waals surface area contributed by atoms with Crippen LogP contribution in [-0.2, 0) is 7.05 Å². The van der Waals surface area contributed by atoms with Gasteiger partial charge in [-0.2, -0.15) is 5.10 Å². The summed E-state index contributed by atoms with van der Waals surface area (Å²) in [4.78, 5) is 25.2. The Hall–Kier alpha value is -2.54. The van der Waals surface area contributed by atoms with Crippen LogP contribution in [0.25, 0.3) is 0 Å². The number of nitrogens with one attached hydrogen (secondary N) is 2. The van der Waals surface area contributed by atoms with Crippen molar-refractivity contribution in [3.05, 3.63) is 46.7 Å². The third-order valence-electron chi connectivity index (χ3n) is 5.03. The van der Waals surface area contributed by atoms with Crippen LogP contribution >= 0.6 is 11.6 Å². The van der Waals surface area contributed by atoms with E-state index in [1.807, 2.05) is 0 Å². The molecule has 1 aromatic carbocycles. The fraction of sp³-hybridized carbons (Fsp3) is 0.421. The van der Waals surface area contributed by atoms with Crippen molar-refractivity contribution in [3.8, 4) is 5.75 Å². The number of phenols is 1. The lowest BCUT2D eigenvalue weighted by atomic mass is 9.81. The van der Waals surface area contributed by atoms with Gasteiger partial charge in [0.2, 0.25) is 0 Å². The quantitative estimate of drug-likeness (QED) is 0.731. The first-order valence-corrected chi connectivity index (χ1v) is 9.36. The number of rotatable bonds is 5. The fourth-order valence-electron chi connectivity index (χ4n) is 3.55. The van der Waals surface area contributed by atoms with E-state index in [0.29, 0.717) is 10.7 Å².